The van der Waals surface area contributed by atoms with Gasteiger partial charge in [-0.15, -0.1) is 0 Å². The summed E-state index contributed by atoms with van der Waals surface area (Å²) in [6, 6.07) is 0.288. The molecule has 0 aromatic carbocycles. The van der Waals surface area contributed by atoms with Crippen LogP contribution in [0.4, 0.5) is 0 Å². The van der Waals surface area contributed by atoms with Crippen LogP contribution in [0.5, 0.6) is 0 Å². The molecule has 0 aromatic rings. The minimum atomic E-state index is 0.288. The van der Waals surface area contributed by atoms with Crippen LogP contribution in [-0.4, -0.2) is 19.1 Å². The summed E-state index contributed by atoms with van der Waals surface area (Å²) >= 11 is 0. The van der Waals surface area contributed by atoms with Crippen molar-refractivity contribution in [2.45, 2.75) is 58.9 Å². The van der Waals surface area contributed by atoms with Gasteiger partial charge in [0.15, 0.2) is 0 Å². The van der Waals surface area contributed by atoms with Crippen LogP contribution in [0.3, 0.4) is 0 Å². The molecule has 0 radical (unpaired) electrons. The molecule has 1 atom stereocenters. The van der Waals surface area contributed by atoms with Gasteiger partial charge >= 0.3 is 0 Å². The molecule has 2 heteroatoms. The van der Waals surface area contributed by atoms with Crippen LogP contribution >= 0.6 is 0 Å². The lowest BCUT2D eigenvalue weighted by molar-refractivity contribution is 0.508. The lowest BCUT2D eigenvalue weighted by Gasteiger charge is -2.07. The van der Waals surface area contributed by atoms with Gasteiger partial charge in [0, 0.05) is 12.6 Å². The molecule has 0 aliphatic heterocycles. The average molecular weight is 200 g/mol. The van der Waals surface area contributed by atoms with Crippen molar-refractivity contribution in [3.63, 3.8) is 0 Å². The number of rotatable bonds is 9. The van der Waals surface area contributed by atoms with E-state index in [1.807, 2.05) is 6.92 Å². The lowest BCUT2D eigenvalue weighted by Crippen LogP contribution is -2.31. The molecule has 0 aromatic heterocycles. The fourth-order valence-corrected chi connectivity index (χ4v) is 1.49. The third-order valence-electron chi connectivity index (χ3n) is 2.35. The van der Waals surface area contributed by atoms with Crippen LogP contribution in [0, 0.1) is 5.92 Å². The van der Waals surface area contributed by atoms with Gasteiger partial charge in [-0.25, -0.2) is 0 Å². The summed E-state index contributed by atoms with van der Waals surface area (Å²) < 4.78 is 0. The number of hydrogen-bond donors (Lipinski definition) is 2. The zero-order valence-corrected chi connectivity index (χ0v) is 10.2. The van der Waals surface area contributed by atoms with Crippen molar-refractivity contribution >= 4 is 0 Å². The number of hydrogen-bond acceptors (Lipinski definition) is 2. The predicted molar refractivity (Wildman–Crippen MR) is 64.4 cm³/mol. The topological polar surface area (TPSA) is 38.0 Å². The predicted octanol–water partition coefficient (Wildman–Crippen LogP) is 2.53. The fraction of sp³-hybridized carbons (Fsp3) is 1.00. The van der Waals surface area contributed by atoms with Crippen molar-refractivity contribution in [3.8, 4) is 0 Å². The summed E-state index contributed by atoms with van der Waals surface area (Å²) in [7, 11) is 0. The third-order valence-corrected chi connectivity index (χ3v) is 2.35. The van der Waals surface area contributed by atoms with E-state index in [2.05, 4.69) is 19.2 Å². The third kappa shape index (κ3) is 11.9. The molecule has 0 spiro atoms. The molecule has 0 saturated carbocycles. The minimum Gasteiger partial charge on any atom is -0.327 e. The van der Waals surface area contributed by atoms with Gasteiger partial charge in [0.05, 0.1) is 0 Å². The van der Waals surface area contributed by atoms with E-state index in [0.29, 0.717) is 0 Å². The molecule has 0 aliphatic rings. The van der Waals surface area contributed by atoms with Crippen molar-refractivity contribution in [1.29, 1.82) is 0 Å². The normalized spacial score (nSPS) is 13.5. The molecule has 0 saturated heterocycles. The maximum atomic E-state index is 5.63. The maximum Gasteiger partial charge on any atom is 0.0136 e. The summed E-state index contributed by atoms with van der Waals surface area (Å²) in [6.45, 7) is 8.71. The van der Waals surface area contributed by atoms with Crippen molar-refractivity contribution in [1.82, 2.24) is 5.32 Å². The molecule has 0 amide bonds. The molecular formula is C12H28N2. The number of unbranched alkanes of at least 4 members (excludes halogenated alkanes) is 3. The summed E-state index contributed by atoms with van der Waals surface area (Å²) in [4.78, 5) is 0. The molecule has 14 heavy (non-hydrogen) atoms. The number of nitrogens with two attached hydrogens (primary N) is 1. The second-order valence-electron chi connectivity index (χ2n) is 4.78. The zero-order chi connectivity index (χ0) is 10.8. The van der Waals surface area contributed by atoms with Crippen molar-refractivity contribution in [3.05, 3.63) is 0 Å². The van der Waals surface area contributed by atoms with Crippen LogP contribution in [0.2, 0.25) is 0 Å². The van der Waals surface area contributed by atoms with Crippen LogP contribution in [0.15, 0.2) is 0 Å². The highest BCUT2D eigenvalue weighted by Gasteiger charge is 1.95. The second-order valence-corrected chi connectivity index (χ2v) is 4.78. The van der Waals surface area contributed by atoms with E-state index in [1.54, 1.807) is 0 Å². The van der Waals surface area contributed by atoms with Crippen LogP contribution in [-0.2, 0) is 0 Å². The van der Waals surface area contributed by atoms with Gasteiger partial charge in [0.25, 0.3) is 0 Å². The molecule has 0 fully saturated rings. The smallest absolute Gasteiger partial charge is 0.0136 e. The Bertz CT molecular complexity index is 96.9. The summed E-state index contributed by atoms with van der Waals surface area (Å²) in [5, 5.41) is 3.36. The van der Waals surface area contributed by atoms with E-state index in [0.717, 1.165) is 19.0 Å². The molecular weight excluding hydrogens is 172 g/mol. The van der Waals surface area contributed by atoms with E-state index in [4.69, 9.17) is 5.73 Å². The lowest BCUT2D eigenvalue weighted by atomic mass is 10.0. The standard InChI is InChI=1S/C12H28N2/c1-11(2)8-6-4-5-7-9-14-10-12(3)13/h11-12,14H,4-10,13H2,1-3H3. The monoisotopic (exact) mass is 200 g/mol. The quantitative estimate of drug-likeness (QED) is 0.561. The van der Waals surface area contributed by atoms with E-state index in [-0.39, 0.29) is 6.04 Å². The minimum absolute atomic E-state index is 0.288. The van der Waals surface area contributed by atoms with E-state index < -0.39 is 0 Å². The Morgan fingerprint density at radius 2 is 1.64 bits per heavy atom. The number of nitrogens with one attached hydrogen (secondary N) is 1. The van der Waals surface area contributed by atoms with Crippen molar-refractivity contribution in [2.75, 3.05) is 13.1 Å². The average Bonchev–Trinajstić information content (AvgIpc) is 2.08. The molecule has 2 nitrogen and oxygen atoms in total. The summed E-state index contributed by atoms with van der Waals surface area (Å²) in [5.74, 6) is 0.867. The van der Waals surface area contributed by atoms with Gasteiger partial charge in [-0.2, -0.15) is 0 Å². The van der Waals surface area contributed by atoms with Crippen LogP contribution < -0.4 is 11.1 Å². The molecule has 1 unspecified atom stereocenters. The van der Waals surface area contributed by atoms with Gasteiger partial charge in [0.1, 0.15) is 0 Å². The van der Waals surface area contributed by atoms with Crippen molar-refractivity contribution in [2.24, 2.45) is 11.7 Å². The van der Waals surface area contributed by atoms with Gasteiger partial charge in [-0.3, -0.25) is 0 Å². The Morgan fingerprint density at radius 3 is 2.21 bits per heavy atom. The van der Waals surface area contributed by atoms with Gasteiger partial charge in [0.2, 0.25) is 0 Å². The first-order valence-electron chi connectivity index (χ1n) is 6.09. The fourth-order valence-electron chi connectivity index (χ4n) is 1.49. The largest absolute Gasteiger partial charge is 0.327 e. The van der Waals surface area contributed by atoms with E-state index in [1.165, 1.54) is 32.1 Å². The highest BCUT2D eigenvalue weighted by molar-refractivity contribution is 4.57. The SMILES string of the molecule is CC(C)CCCCCCNCC(C)N. The zero-order valence-electron chi connectivity index (χ0n) is 10.2. The summed E-state index contributed by atoms with van der Waals surface area (Å²) in [6.07, 6.45) is 6.82. The molecule has 0 rings (SSSR count). The summed E-state index contributed by atoms with van der Waals surface area (Å²) in [5.41, 5.74) is 5.63. The van der Waals surface area contributed by atoms with Crippen molar-refractivity contribution < 1.29 is 0 Å². The molecule has 86 valence electrons. The highest BCUT2D eigenvalue weighted by atomic mass is 14.9. The second kappa shape index (κ2) is 9.47. The van der Waals surface area contributed by atoms with Crippen LogP contribution in [0.25, 0.3) is 0 Å². The first kappa shape index (κ1) is 13.9. The van der Waals surface area contributed by atoms with E-state index in [9.17, 15) is 0 Å². The molecule has 3 N–H and O–H groups in total. The van der Waals surface area contributed by atoms with Crippen LogP contribution in [0.1, 0.15) is 52.9 Å². The Balaban J connectivity index is 2.92. The van der Waals surface area contributed by atoms with E-state index >= 15 is 0 Å². The first-order valence-corrected chi connectivity index (χ1v) is 6.09. The van der Waals surface area contributed by atoms with Gasteiger partial charge in [-0.1, -0.05) is 39.5 Å². The Labute approximate surface area is 89.6 Å². The first-order chi connectivity index (χ1) is 6.63. The van der Waals surface area contributed by atoms with Gasteiger partial charge < -0.3 is 11.1 Å². The Hall–Kier alpha value is -0.0800. The molecule has 0 bridgehead atoms. The highest BCUT2D eigenvalue weighted by Crippen LogP contribution is 2.08. The molecule has 0 heterocycles. The van der Waals surface area contributed by atoms with Gasteiger partial charge in [-0.05, 0) is 25.8 Å². The maximum absolute atomic E-state index is 5.63. The Kier molecular flexibility index (Phi) is 9.42. The molecule has 0 aliphatic carbocycles. The Morgan fingerprint density at radius 1 is 1.00 bits per heavy atom.